The number of aromatic amines is 2. The van der Waals surface area contributed by atoms with Gasteiger partial charge in [-0.1, -0.05) is 25.3 Å². The van der Waals surface area contributed by atoms with Crippen LogP contribution in [0.4, 0.5) is 0 Å². The van der Waals surface area contributed by atoms with E-state index in [9.17, 15) is 69.6 Å². The van der Waals surface area contributed by atoms with Gasteiger partial charge in [-0.2, -0.15) is 0 Å². The highest BCUT2D eigenvalue weighted by atomic mass is 16.7. The van der Waals surface area contributed by atoms with Gasteiger partial charge in [-0.15, -0.1) is 0 Å². The summed E-state index contributed by atoms with van der Waals surface area (Å²) in [5.41, 5.74) is 7.33. The first-order valence-electron chi connectivity index (χ1n) is 21.0. The summed E-state index contributed by atoms with van der Waals surface area (Å²) < 4.78 is 20.8. The monoisotopic (exact) mass is 936 g/mol. The highest BCUT2D eigenvalue weighted by Gasteiger charge is 2.50. The Morgan fingerprint density at radius 2 is 1.01 bits per heavy atom. The van der Waals surface area contributed by atoms with Crippen LogP contribution in [0.1, 0.15) is 71.7 Å². The lowest BCUT2D eigenvalue weighted by Crippen LogP contribution is -2.60. The SMILES string of the molecule is C=CC1=C(C)C(=Cc2[nH]c(Cc3[nH]c(C=C4NC(=O)C(C)=C4C=C)c(C)c3CCC(=O)O[C@@H]3O[C@H](C(=O)O)[C@@H](O)[C@H](O)[C@H]3O)c(CCC(=O)O[C@@H]3O[C@H](C(=O)O)[C@@H](O)[C@H](O)[C@H]3O)c2C)NC1=O. The average Bonchev–Trinajstić information content (AvgIpc) is 3.93. The molecule has 360 valence electrons. The molecule has 0 unspecified atom stereocenters. The molecule has 0 bridgehead atoms. The van der Waals surface area contributed by atoms with Gasteiger partial charge in [-0.25, -0.2) is 9.59 Å². The Balaban J connectivity index is 1.35. The van der Waals surface area contributed by atoms with Crippen molar-refractivity contribution in [3.63, 3.8) is 0 Å². The fourth-order valence-electron chi connectivity index (χ4n) is 8.28. The largest absolute Gasteiger partial charge is 0.479 e. The molecule has 10 atom stereocenters. The molecule has 0 aromatic carbocycles. The summed E-state index contributed by atoms with van der Waals surface area (Å²) in [6.45, 7) is 14.4. The second kappa shape index (κ2) is 20.2. The van der Waals surface area contributed by atoms with E-state index in [4.69, 9.17) is 18.9 Å². The number of carbonyl (C=O) groups is 6. The van der Waals surface area contributed by atoms with Gasteiger partial charge in [0, 0.05) is 64.5 Å². The Morgan fingerprint density at radius 1 is 0.597 bits per heavy atom. The number of allylic oxidation sites excluding steroid dienone is 2. The van der Waals surface area contributed by atoms with Crippen LogP contribution >= 0.6 is 0 Å². The molecule has 2 saturated heterocycles. The normalized spacial score (nSPS) is 28.7. The maximum atomic E-state index is 13.3. The summed E-state index contributed by atoms with van der Waals surface area (Å²) in [4.78, 5) is 81.9. The Kier molecular flexibility index (Phi) is 15.0. The lowest BCUT2D eigenvalue weighted by molar-refractivity contribution is -0.286. The van der Waals surface area contributed by atoms with Crippen molar-refractivity contribution in [2.75, 3.05) is 0 Å². The molecule has 0 radical (unpaired) electrons. The molecule has 67 heavy (non-hydrogen) atoms. The fraction of sp³-hybridized carbons (Fsp3) is 0.422. The minimum atomic E-state index is -2.01. The first-order valence-corrected chi connectivity index (χ1v) is 21.0. The molecule has 22 nitrogen and oxygen atoms in total. The molecule has 4 aliphatic heterocycles. The van der Waals surface area contributed by atoms with Crippen molar-refractivity contribution in [2.24, 2.45) is 0 Å². The van der Waals surface area contributed by atoms with Gasteiger partial charge in [0.15, 0.2) is 12.2 Å². The van der Waals surface area contributed by atoms with Crippen molar-refractivity contribution >= 4 is 47.8 Å². The fourth-order valence-corrected chi connectivity index (χ4v) is 8.28. The molecular weight excluding hydrogens is 885 g/mol. The van der Waals surface area contributed by atoms with Crippen LogP contribution in [0.25, 0.3) is 12.2 Å². The second-order valence-electron chi connectivity index (χ2n) is 16.4. The number of amides is 2. The molecule has 0 aliphatic carbocycles. The molecule has 0 saturated carbocycles. The third-order valence-corrected chi connectivity index (χ3v) is 12.2. The smallest absolute Gasteiger partial charge is 0.335 e. The first kappa shape index (κ1) is 49.9. The zero-order valence-electron chi connectivity index (χ0n) is 36.7. The summed E-state index contributed by atoms with van der Waals surface area (Å²) >= 11 is 0. The van der Waals surface area contributed by atoms with Crippen molar-refractivity contribution in [2.45, 2.75) is 121 Å². The van der Waals surface area contributed by atoms with Gasteiger partial charge in [0.2, 0.25) is 12.6 Å². The number of rotatable bonds is 16. The zero-order valence-corrected chi connectivity index (χ0v) is 36.7. The van der Waals surface area contributed by atoms with E-state index in [1.165, 1.54) is 12.2 Å². The number of aliphatic hydroxyl groups excluding tert-OH is 6. The molecule has 2 amide bonds. The lowest BCUT2D eigenvalue weighted by atomic mass is 9.98. The summed E-state index contributed by atoms with van der Waals surface area (Å²) in [5, 5.41) is 86.0. The van der Waals surface area contributed by atoms with E-state index in [0.717, 1.165) is 0 Å². The van der Waals surface area contributed by atoms with Crippen LogP contribution in [-0.2, 0) is 67.0 Å². The van der Waals surface area contributed by atoms with Crippen LogP contribution in [0.15, 0.2) is 59.0 Å². The number of esters is 2. The van der Waals surface area contributed by atoms with E-state index in [2.05, 4.69) is 33.8 Å². The number of carbonyl (C=O) groups excluding carboxylic acids is 4. The van der Waals surface area contributed by atoms with Gasteiger partial charge in [0.1, 0.15) is 36.6 Å². The average molecular weight is 937 g/mol. The predicted molar refractivity (Wildman–Crippen MR) is 229 cm³/mol. The van der Waals surface area contributed by atoms with Crippen LogP contribution in [0.3, 0.4) is 0 Å². The number of H-pyrrole nitrogens is 2. The molecule has 6 rings (SSSR count). The molecule has 22 heteroatoms. The Morgan fingerprint density at radius 3 is 1.42 bits per heavy atom. The van der Waals surface area contributed by atoms with Crippen LogP contribution in [0.2, 0.25) is 0 Å². The maximum Gasteiger partial charge on any atom is 0.335 e. The quantitative estimate of drug-likeness (QED) is 0.0920. The van der Waals surface area contributed by atoms with Crippen molar-refractivity contribution < 1.29 is 88.6 Å². The van der Waals surface area contributed by atoms with Crippen LogP contribution in [0, 0.1) is 13.8 Å². The second-order valence-corrected chi connectivity index (χ2v) is 16.4. The first-order chi connectivity index (χ1) is 31.6. The number of aliphatic hydroxyl groups is 6. The summed E-state index contributed by atoms with van der Waals surface area (Å²) in [5.74, 6) is -5.96. The third kappa shape index (κ3) is 10.1. The van der Waals surface area contributed by atoms with Gasteiger partial charge in [-0.3, -0.25) is 19.2 Å². The zero-order chi connectivity index (χ0) is 49.3. The number of carboxylic acids is 2. The number of aliphatic carboxylic acids is 2. The summed E-state index contributed by atoms with van der Waals surface area (Å²) in [6, 6.07) is 0. The lowest BCUT2D eigenvalue weighted by Gasteiger charge is -2.37. The van der Waals surface area contributed by atoms with Crippen LogP contribution < -0.4 is 10.6 Å². The van der Waals surface area contributed by atoms with Crippen molar-refractivity contribution in [3.8, 4) is 0 Å². The number of nitrogens with one attached hydrogen (secondary N) is 4. The minimum Gasteiger partial charge on any atom is -0.479 e. The van der Waals surface area contributed by atoms with Crippen LogP contribution in [0.5, 0.6) is 0 Å². The van der Waals surface area contributed by atoms with Crippen molar-refractivity contribution in [1.82, 2.24) is 20.6 Å². The third-order valence-electron chi connectivity index (χ3n) is 12.2. The van der Waals surface area contributed by atoms with Gasteiger partial charge in [-0.05, 0) is 80.5 Å². The number of carboxylic acid groups (broad SMARTS) is 2. The Bertz CT molecular complexity index is 2530. The number of ether oxygens (including phenoxy) is 4. The van der Waals surface area contributed by atoms with E-state index in [1.54, 1.807) is 39.8 Å². The van der Waals surface area contributed by atoms with Gasteiger partial charge >= 0.3 is 23.9 Å². The molecular formula is C45H52N4O18. The van der Waals surface area contributed by atoms with E-state index in [0.29, 0.717) is 78.7 Å². The Labute approximate surface area is 381 Å². The molecule has 12 N–H and O–H groups in total. The van der Waals surface area contributed by atoms with Crippen molar-refractivity contribution in [3.05, 3.63) is 104 Å². The van der Waals surface area contributed by atoms with E-state index in [-0.39, 0.29) is 43.9 Å². The van der Waals surface area contributed by atoms with Gasteiger partial charge < -0.3 is 80.4 Å². The molecule has 0 spiro atoms. The standard InChI is InChI=1S/C45H52N4O18/c1-7-20-19(6)40(58)49-27(20)14-25-18(5)23(10-12-31(51)65-45-37(57)33(53)35(55)39(67-45)43(62)63)29(47-25)15-28-22(17(4)24(46-28)13-26-16(3)21(8-2)41(59)48-26)9-11-30(50)64-44-36(56)32(52)34(54)38(66-44)42(60)61/h7-8,13-14,32-39,44-47,52-57H,1-2,9-12,15H2,3-6H3,(H,48,59)(H,49,58)(H,60,61)(H,62,63)/t32-,33-,34-,35-,36+,37+,38-,39-,44+,45+/m0/s1. The maximum absolute atomic E-state index is 13.3. The number of hydrogen-bond donors (Lipinski definition) is 12. The molecule has 6 heterocycles. The molecule has 2 aromatic rings. The van der Waals surface area contributed by atoms with Gasteiger partial charge in [0.25, 0.3) is 11.8 Å². The number of aromatic nitrogens is 2. The Hall–Kier alpha value is -6.50. The van der Waals surface area contributed by atoms with E-state index < -0.39 is 85.3 Å². The van der Waals surface area contributed by atoms with E-state index in [1.807, 2.05) is 0 Å². The highest BCUT2D eigenvalue weighted by Crippen LogP contribution is 2.33. The minimum absolute atomic E-state index is 0.0340. The molecule has 4 aliphatic rings. The van der Waals surface area contributed by atoms with E-state index >= 15 is 0 Å². The van der Waals surface area contributed by atoms with Crippen LogP contribution in [-0.4, -0.2) is 148 Å². The highest BCUT2D eigenvalue weighted by molar-refractivity contribution is 6.03. The summed E-state index contributed by atoms with van der Waals surface area (Å²) in [6.07, 6.45) is -14.3. The molecule has 2 fully saturated rings. The molecule has 2 aromatic heterocycles. The topological polar surface area (TPSA) is 357 Å². The predicted octanol–water partition coefficient (Wildman–Crippen LogP) is -0.767. The van der Waals surface area contributed by atoms with Gasteiger partial charge in [0.05, 0.1) is 5.70 Å². The number of hydrogen-bond acceptors (Lipinski definition) is 16. The summed E-state index contributed by atoms with van der Waals surface area (Å²) in [7, 11) is 0. The van der Waals surface area contributed by atoms with Crippen molar-refractivity contribution in [1.29, 1.82) is 0 Å².